The molecule has 0 aromatic heterocycles. The van der Waals surface area contributed by atoms with Gasteiger partial charge in [-0.2, -0.15) is 4.31 Å². The number of hydrogen-bond acceptors (Lipinski definition) is 5. The normalized spacial score (nSPS) is 11.5. The van der Waals surface area contributed by atoms with Gasteiger partial charge >= 0.3 is 0 Å². The Morgan fingerprint density at radius 2 is 1.71 bits per heavy atom. The van der Waals surface area contributed by atoms with Crippen LogP contribution in [0.4, 0.5) is 5.69 Å². The second kappa shape index (κ2) is 13.2. The Morgan fingerprint density at radius 3 is 2.26 bits per heavy atom. The summed E-state index contributed by atoms with van der Waals surface area (Å²) in [6.45, 7) is 9.39. The maximum atomic E-state index is 12.9. The first-order valence-corrected chi connectivity index (χ1v) is 13.9. The van der Waals surface area contributed by atoms with E-state index in [0.717, 1.165) is 17.3 Å². The van der Waals surface area contributed by atoms with E-state index in [1.54, 1.807) is 30.3 Å². The van der Waals surface area contributed by atoms with Crippen LogP contribution in [-0.4, -0.2) is 43.4 Å². The van der Waals surface area contributed by atoms with E-state index in [2.05, 4.69) is 26.6 Å². The first-order chi connectivity index (χ1) is 16.1. The Balaban J connectivity index is 2.08. The summed E-state index contributed by atoms with van der Waals surface area (Å²) in [6, 6.07) is 11.5. The Hall–Kier alpha value is -2.01. The van der Waals surface area contributed by atoms with Crippen molar-refractivity contribution >= 4 is 54.9 Å². The molecule has 186 valence electrons. The van der Waals surface area contributed by atoms with Crippen molar-refractivity contribution in [1.29, 1.82) is 0 Å². The summed E-state index contributed by atoms with van der Waals surface area (Å²) in [5, 5.41) is 5.67. The molecule has 0 saturated carbocycles. The molecular formula is C24H32BrN3O4S2. The van der Waals surface area contributed by atoms with Crippen LogP contribution in [0, 0.1) is 5.92 Å². The van der Waals surface area contributed by atoms with Gasteiger partial charge in [0, 0.05) is 23.2 Å². The van der Waals surface area contributed by atoms with Crippen molar-refractivity contribution in [2.45, 2.75) is 45.4 Å². The second-order valence-electron chi connectivity index (χ2n) is 8.18. The molecule has 0 unspecified atom stereocenters. The Bertz CT molecular complexity index is 1080. The van der Waals surface area contributed by atoms with E-state index in [4.69, 9.17) is 17.0 Å². The highest BCUT2D eigenvalue weighted by atomic mass is 79.9. The molecule has 0 bridgehead atoms. The number of carbonyl (C=O) groups excluding carboxylic acids is 1. The van der Waals surface area contributed by atoms with Crippen LogP contribution in [0.3, 0.4) is 0 Å². The third-order valence-electron chi connectivity index (χ3n) is 4.68. The van der Waals surface area contributed by atoms with Gasteiger partial charge in [-0.15, -0.1) is 0 Å². The smallest absolute Gasteiger partial charge is 0.261 e. The summed E-state index contributed by atoms with van der Waals surface area (Å²) in [5.74, 6) is 0.368. The highest BCUT2D eigenvalue weighted by Crippen LogP contribution is 2.24. The van der Waals surface area contributed by atoms with Gasteiger partial charge in [0.15, 0.2) is 5.11 Å². The van der Waals surface area contributed by atoms with E-state index in [9.17, 15) is 13.2 Å². The number of carbonyl (C=O) groups is 1. The lowest BCUT2D eigenvalue weighted by Crippen LogP contribution is -2.34. The van der Waals surface area contributed by atoms with Crippen molar-refractivity contribution in [1.82, 2.24) is 9.62 Å². The average Bonchev–Trinajstić information content (AvgIpc) is 2.78. The van der Waals surface area contributed by atoms with E-state index in [-0.39, 0.29) is 10.0 Å². The Kier molecular flexibility index (Phi) is 10.9. The molecule has 0 heterocycles. The van der Waals surface area contributed by atoms with Crippen molar-refractivity contribution in [2.75, 3.05) is 25.0 Å². The molecule has 2 N–H and O–H groups in total. The van der Waals surface area contributed by atoms with Gasteiger partial charge in [-0.1, -0.05) is 43.6 Å². The van der Waals surface area contributed by atoms with Crippen molar-refractivity contribution < 1.29 is 17.9 Å². The van der Waals surface area contributed by atoms with Crippen LogP contribution in [0.25, 0.3) is 0 Å². The molecule has 1 amide bonds. The largest absolute Gasteiger partial charge is 0.492 e. The maximum absolute atomic E-state index is 12.9. The molecule has 2 aromatic carbocycles. The fourth-order valence-corrected chi connectivity index (χ4v) is 5.30. The van der Waals surface area contributed by atoms with Gasteiger partial charge in [0.05, 0.1) is 17.1 Å². The number of nitrogens with zero attached hydrogens (tertiary/aromatic N) is 1. The van der Waals surface area contributed by atoms with Crippen LogP contribution in [-0.2, 0) is 10.0 Å². The molecule has 0 spiro atoms. The monoisotopic (exact) mass is 569 g/mol. The molecule has 0 radical (unpaired) electrons. The van der Waals surface area contributed by atoms with Crippen LogP contribution in [0.15, 0.2) is 51.8 Å². The van der Waals surface area contributed by atoms with Gasteiger partial charge in [0.1, 0.15) is 5.75 Å². The standard InChI is InChI=1S/C24H32BrN3O4S2/c1-5-13-28(14-6-2)34(30,31)20-10-8-19(9-11-20)26-24(33)27-23(29)21-15-18(25)7-12-22(21)32-16-17(3)4/h7-12,15,17H,5-6,13-14,16H2,1-4H3,(H2,26,27,29,33). The molecule has 7 nitrogen and oxygen atoms in total. The number of hydrogen-bond donors (Lipinski definition) is 2. The molecule has 0 fully saturated rings. The number of anilines is 1. The Labute approximate surface area is 216 Å². The van der Waals surface area contributed by atoms with Gasteiger partial charge < -0.3 is 10.1 Å². The summed E-state index contributed by atoms with van der Waals surface area (Å²) in [5.41, 5.74) is 0.917. The molecule has 34 heavy (non-hydrogen) atoms. The predicted molar refractivity (Wildman–Crippen MR) is 144 cm³/mol. The van der Waals surface area contributed by atoms with Crippen LogP contribution in [0.2, 0.25) is 0 Å². The van der Waals surface area contributed by atoms with Crippen LogP contribution >= 0.6 is 28.1 Å². The van der Waals surface area contributed by atoms with Crippen molar-refractivity contribution in [2.24, 2.45) is 5.92 Å². The maximum Gasteiger partial charge on any atom is 0.261 e. The SMILES string of the molecule is CCCN(CCC)S(=O)(=O)c1ccc(NC(=S)NC(=O)c2cc(Br)ccc2OCC(C)C)cc1. The number of benzene rings is 2. The molecule has 10 heteroatoms. The second-order valence-corrected chi connectivity index (χ2v) is 11.4. The van der Waals surface area contributed by atoms with Gasteiger partial charge in [0.25, 0.3) is 5.91 Å². The number of amides is 1. The lowest BCUT2D eigenvalue weighted by atomic mass is 10.2. The van der Waals surface area contributed by atoms with Gasteiger partial charge in [0.2, 0.25) is 10.0 Å². The molecule has 2 aromatic rings. The highest BCUT2D eigenvalue weighted by Gasteiger charge is 2.23. The van der Waals surface area contributed by atoms with Gasteiger partial charge in [-0.3, -0.25) is 10.1 Å². The number of halogens is 1. The van der Waals surface area contributed by atoms with E-state index < -0.39 is 15.9 Å². The predicted octanol–water partition coefficient (Wildman–Crippen LogP) is 5.42. The zero-order valence-corrected chi connectivity index (χ0v) is 23.1. The number of nitrogens with one attached hydrogen (secondary N) is 2. The summed E-state index contributed by atoms with van der Waals surface area (Å²) in [6.07, 6.45) is 1.49. The number of ether oxygens (including phenoxy) is 1. The van der Waals surface area contributed by atoms with E-state index in [1.165, 1.54) is 16.4 Å². The molecule has 0 aliphatic rings. The summed E-state index contributed by atoms with van der Waals surface area (Å²) >= 11 is 8.67. The molecular weight excluding hydrogens is 538 g/mol. The zero-order valence-electron chi connectivity index (χ0n) is 19.9. The fraction of sp³-hybridized carbons (Fsp3) is 0.417. The average molecular weight is 571 g/mol. The highest BCUT2D eigenvalue weighted by molar-refractivity contribution is 9.10. The molecule has 2 rings (SSSR count). The summed E-state index contributed by atoms with van der Waals surface area (Å²) < 4.78 is 33.8. The first-order valence-electron chi connectivity index (χ1n) is 11.2. The minimum absolute atomic E-state index is 0.0917. The third kappa shape index (κ3) is 8.04. The van der Waals surface area contributed by atoms with Crippen LogP contribution in [0.1, 0.15) is 50.9 Å². The van der Waals surface area contributed by atoms with Crippen LogP contribution in [0.5, 0.6) is 5.75 Å². The quantitative estimate of drug-likeness (QED) is 0.351. The van der Waals surface area contributed by atoms with Crippen molar-refractivity contribution in [3.05, 3.63) is 52.5 Å². The van der Waals surface area contributed by atoms with Crippen LogP contribution < -0.4 is 15.4 Å². The minimum atomic E-state index is -3.56. The van der Waals surface area contributed by atoms with E-state index in [1.807, 2.05) is 27.7 Å². The molecule has 0 aliphatic heterocycles. The van der Waals surface area contributed by atoms with Gasteiger partial charge in [-0.25, -0.2) is 8.42 Å². The topological polar surface area (TPSA) is 87.7 Å². The first kappa shape index (κ1) is 28.2. The van der Waals surface area contributed by atoms with Crippen molar-refractivity contribution in [3.8, 4) is 5.75 Å². The zero-order chi connectivity index (χ0) is 25.3. The minimum Gasteiger partial charge on any atom is -0.492 e. The Morgan fingerprint density at radius 1 is 1.09 bits per heavy atom. The third-order valence-corrected chi connectivity index (χ3v) is 7.29. The molecule has 0 aliphatic carbocycles. The number of rotatable bonds is 11. The fourth-order valence-electron chi connectivity index (χ4n) is 3.11. The van der Waals surface area contributed by atoms with Crippen molar-refractivity contribution in [3.63, 3.8) is 0 Å². The summed E-state index contributed by atoms with van der Waals surface area (Å²) in [4.78, 5) is 13.0. The molecule has 0 saturated heterocycles. The number of thiocarbonyl (C=S) groups is 1. The van der Waals surface area contributed by atoms with E-state index >= 15 is 0 Å². The van der Waals surface area contributed by atoms with E-state index in [0.29, 0.717) is 42.6 Å². The van der Waals surface area contributed by atoms with Gasteiger partial charge in [-0.05, 0) is 73.4 Å². The molecule has 0 atom stereocenters. The number of sulfonamides is 1. The lowest BCUT2D eigenvalue weighted by Gasteiger charge is -2.21. The lowest BCUT2D eigenvalue weighted by molar-refractivity contribution is 0.0973. The summed E-state index contributed by atoms with van der Waals surface area (Å²) in [7, 11) is -3.56.